The first-order chi connectivity index (χ1) is 13.0. The van der Waals surface area contributed by atoms with E-state index in [4.69, 9.17) is 23.2 Å². The average Bonchev–Trinajstić information content (AvgIpc) is 3.10. The number of amides is 1. The zero-order valence-electron chi connectivity index (χ0n) is 14.0. The lowest BCUT2D eigenvalue weighted by atomic mass is 10.2. The second kappa shape index (κ2) is 9.70. The van der Waals surface area contributed by atoms with Crippen molar-refractivity contribution in [3.63, 3.8) is 0 Å². The fourth-order valence-corrected chi connectivity index (χ4v) is 4.46. The number of carbonyl (C=O) groups is 1. The normalized spacial score (nSPS) is 10.8. The van der Waals surface area contributed by atoms with Crippen molar-refractivity contribution in [2.75, 3.05) is 11.1 Å². The van der Waals surface area contributed by atoms with Gasteiger partial charge < -0.3 is 0 Å². The molecular weight excluding hydrogens is 445 g/mol. The Morgan fingerprint density at radius 2 is 1.96 bits per heavy atom. The highest BCUT2D eigenvalue weighted by Crippen LogP contribution is 2.29. The minimum atomic E-state index is -0.439. The van der Waals surface area contributed by atoms with Gasteiger partial charge in [-0.1, -0.05) is 77.1 Å². The number of benzene rings is 1. The van der Waals surface area contributed by atoms with Gasteiger partial charge in [0.15, 0.2) is 15.2 Å². The van der Waals surface area contributed by atoms with Crippen molar-refractivity contribution in [1.29, 1.82) is 0 Å². The Labute approximate surface area is 178 Å². The van der Waals surface area contributed by atoms with Crippen molar-refractivity contribution < 1.29 is 4.79 Å². The van der Waals surface area contributed by atoms with E-state index in [0.29, 0.717) is 15.3 Å². The summed E-state index contributed by atoms with van der Waals surface area (Å²) in [5.74, 6) is 1.09. The minimum absolute atomic E-state index is 0.119. The molecule has 0 unspecified atom stereocenters. The maximum atomic E-state index is 12.4. The molecule has 0 atom stereocenters. The number of rotatable bonds is 7. The number of halogens is 2. The van der Waals surface area contributed by atoms with Gasteiger partial charge in [-0.3, -0.25) is 10.1 Å². The van der Waals surface area contributed by atoms with Crippen LogP contribution in [0.1, 0.15) is 23.0 Å². The number of anilines is 1. The van der Waals surface area contributed by atoms with E-state index in [1.807, 2.05) is 31.2 Å². The van der Waals surface area contributed by atoms with E-state index in [0.717, 1.165) is 21.4 Å². The average molecular weight is 458 g/mol. The maximum Gasteiger partial charge on any atom is 0.277 e. The molecule has 1 N–H and O–H groups in total. The summed E-state index contributed by atoms with van der Waals surface area (Å²) < 4.78 is 0.747. The van der Waals surface area contributed by atoms with Crippen LogP contribution in [0.15, 0.2) is 40.0 Å². The van der Waals surface area contributed by atoms with E-state index >= 15 is 0 Å². The Kier molecular flexibility index (Phi) is 7.31. The molecule has 11 heteroatoms. The largest absolute Gasteiger partial charge is 0.295 e. The van der Waals surface area contributed by atoms with Crippen molar-refractivity contribution in [3.8, 4) is 0 Å². The van der Waals surface area contributed by atoms with Crippen molar-refractivity contribution in [3.05, 3.63) is 51.8 Å². The molecule has 0 aliphatic rings. The summed E-state index contributed by atoms with van der Waals surface area (Å²) >= 11 is 16.2. The molecule has 0 aliphatic carbocycles. The highest BCUT2D eigenvalue weighted by Gasteiger charge is 2.16. The summed E-state index contributed by atoms with van der Waals surface area (Å²) in [6.45, 7) is 1.98. The van der Waals surface area contributed by atoms with Gasteiger partial charge >= 0.3 is 0 Å². The van der Waals surface area contributed by atoms with E-state index in [-0.39, 0.29) is 10.7 Å². The van der Waals surface area contributed by atoms with Gasteiger partial charge in [0.25, 0.3) is 5.91 Å². The lowest BCUT2D eigenvalue weighted by Gasteiger charge is -2.04. The Morgan fingerprint density at radius 1 is 1.19 bits per heavy atom. The molecule has 3 rings (SSSR count). The number of hydrogen-bond donors (Lipinski definition) is 1. The predicted octanol–water partition coefficient (Wildman–Crippen LogP) is 5.29. The van der Waals surface area contributed by atoms with Gasteiger partial charge in [0.2, 0.25) is 5.13 Å². The molecule has 0 bridgehead atoms. The van der Waals surface area contributed by atoms with E-state index in [1.165, 1.54) is 41.1 Å². The number of nitrogens with zero attached hydrogens (tertiary/aromatic N) is 4. The Bertz CT molecular complexity index is 936. The molecule has 6 nitrogen and oxygen atoms in total. The van der Waals surface area contributed by atoms with E-state index in [2.05, 4.69) is 25.5 Å². The first kappa shape index (κ1) is 20.3. The van der Waals surface area contributed by atoms with Crippen LogP contribution in [0.2, 0.25) is 10.0 Å². The Morgan fingerprint density at radius 3 is 2.70 bits per heavy atom. The van der Waals surface area contributed by atoms with Gasteiger partial charge in [0.05, 0.1) is 11.2 Å². The number of hydrogen-bond acceptors (Lipinski definition) is 8. The summed E-state index contributed by atoms with van der Waals surface area (Å²) in [6.07, 6.45) is 1.43. The van der Waals surface area contributed by atoms with Gasteiger partial charge in [-0.05, 0) is 23.4 Å². The quantitative estimate of drug-likeness (QED) is 0.293. The SMILES string of the molecule is CCSc1ncc(Cl)c(C(=O)Nc2nnc(SCc3ccc(Cl)cc3)s2)n1. The van der Waals surface area contributed by atoms with Crippen molar-refractivity contribution in [2.24, 2.45) is 0 Å². The Balaban J connectivity index is 1.62. The number of aromatic nitrogens is 4. The standard InChI is InChI=1S/C16H13Cl2N5OS3/c1-2-25-14-19-7-11(18)12(20-14)13(24)21-15-22-23-16(27-15)26-8-9-3-5-10(17)6-4-9/h3-7H,2,8H2,1H3,(H,21,22,24). The van der Waals surface area contributed by atoms with Crippen LogP contribution in [0.25, 0.3) is 0 Å². The van der Waals surface area contributed by atoms with Gasteiger partial charge in [-0.15, -0.1) is 10.2 Å². The molecule has 0 spiro atoms. The van der Waals surface area contributed by atoms with Crippen LogP contribution < -0.4 is 5.32 Å². The summed E-state index contributed by atoms with van der Waals surface area (Å²) in [5.41, 5.74) is 1.24. The maximum absolute atomic E-state index is 12.4. The third-order valence-electron chi connectivity index (χ3n) is 3.11. The summed E-state index contributed by atoms with van der Waals surface area (Å²) in [4.78, 5) is 20.7. The van der Waals surface area contributed by atoms with Crippen molar-refractivity contribution in [1.82, 2.24) is 20.2 Å². The number of nitrogens with one attached hydrogen (secondary N) is 1. The lowest BCUT2D eigenvalue weighted by molar-refractivity contribution is 0.102. The molecule has 0 fully saturated rings. The number of thioether (sulfide) groups is 2. The summed E-state index contributed by atoms with van der Waals surface area (Å²) in [5, 5.41) is 12.6. The lowest BCUT2D eigenvalue weighted by Crippen LogP contribution is -2.15. The third kappa shape index (κ3) is 5.79. The summed E-state index contributed by atoms with van der Waals surface area (Å²) in [7, 11) is 0. The van der Waals surface area contributed by atoms with Crippen LogP contribution >= 0.6 is 58.1 Å². The monoisotopic (exact) mass is 457 g/mol. The molecule has 0 aliphatic heterocycles. The highest BCUT2D eigenvalue weighted by atomic mass is 35.5. The smallest absolute Gasteiger partial charge is 0.277 e. The zero-order chi connectivity index (χ0) is 19.2. The molecule has 0 saturated heterocycles. The van der Waals surface area contributed by atoms with Crippen molar-refractivity contribution >= 4 is 69.1 Å². The molecule has 2 aromatic heterocycles. The zero-order valence-corrected chi connectivity index (χ0v) is 17.9. The first-order valence-corrected chi connectivity index (χ1v) is 11.3. The van der Waals surface area contributed by atoms with Gasteiger partial charge in [0, 0.05) is 10.8 Å². The molecule has 1 amide bonds. The van der Waals surface area contributed by atoms with Crippen LogP contribution in [0.3, 0.4) is 0 Å². The molecule has 0 radical (unpaired) electrons. The second-order valence-corrected chi connectivity index (χ2v) is 9.30. The predicted molar refractivity (Wildman–Crippen MR) is 112 cm³/mol. The topological polar surface area (TPSA) is 80.7 Å². The molecule has 0 saturated carbocycles. The highest BCUT2D eigenvalue weighted by molar-refractivity contribution is 8.00. The van der Waals surface area contributed by atoms with Crippen LogP contribution in [0.4, 0.5) is 5.13 Å². The fraction of sp³-hybridized carbons (Fsp3) is 0.188. The van der Waals surface area contributed by atoms with Crippen LogP contribution in [0, 0.1) is 0 Å². The molecule has 1 aromatic carbocycles. The van der Waals surface area contributed by atoms with Crippen LogP contribution in [0.5, 0.6) is 0 Å². The van der Waals surface area contributed by atoms with Crippen molar-refractivity contribution in [2.45, 2.75) is 22.2 Å². The van der Waals surface area contributed by atoms with E-state index in [9.17, 15) is 4.79 Å². The second-order valence-electron chi connectivity index (χ2n) is 5.02. The first-order valence-electron chi connectivity index (χ1n) is 7.72. The van der Waals surface area contributed by atoms with Gasteiger partial charge in [-0.25, -0.2) is 9.97 Å². The summed E-state index contributed by atoms with van der Waals surface area (Å²) in [6, 6.07) is 7.61. The van der Waals surface area contributed by atoms with Gasteiger partial charge in [-0.2, -0.15) is 0 Å². The molecule has 27 heavy (non-hydrogen) atoms. The fourth-order valence-electron chi connectivity index (χ4n) is 1.91. The van der Waals surface area contributed by atoms with E-state index < -0.39 is 5.91 Å². The Hall–Kier alpha value is -1.39. The molecular formula is C16H13Cl2N5OS3. The molecule has 2 heterocycles. The third-order valence-corrected chi connectivity index (χ3v) is 6.43. The van der Waals surface area contributed by atoms with Gasteiger partial charge in [0.1, 0.15) is 0 Å². The molecule has 3 aromatic rings. The number of carbonyl (C=O) groups excluding carboxylic acids is 1. The minimum Gasteiger partial charge on any atom is -0.295 e. The van der Waals surface area contributed by atoms with Crippen LogP contribution in [-0.4, -0.2) is 31.8 Å². The van der Waals surface area contributed by atoms with E-state index in [1.54, 1.807) is 0 Å². The molecule has 140 valence electrons. The van der Waals surface area contributed by atoms with Crippen LogP contribution in [-0.2, 0) is 5.75 Å².